The highest BCUT2D eigenvalue weighted by Gasteiger charge is 2.20. The van der Waals surface area contributed by atoms with Crippen LogP contribution in [0.15, 0.2) is 0 Å². The van der Waals surface area contributed by atoms with Gasteiger partial charge >= 0.3 is 5.97 Å². The smallest absolute Gasteiger partial charge is 0.306 e. The maximum absolute atomic E-state index is 10.6. The minimum Gasteiger partial charge on any atom is -0.481 e. The number of hydrogen-bond donors (Lipinski definition) is 2. The summed E-state index contributed by atoms with van der Waals surface area (Å²) in [6.45, 7) is 3.43. The molecule has 0 saturated heterocycles. The van der Waals surface area contributed by atoms with Gasteiger partial charge in [-0.25, -0.2) is 0 Å². The summed E-state index contributed by atoms with van der Waals surface area (Å²) in [5.41, 5.74) is 5.01. The van der Waals surface area contributed by atoms with Gasteiger partial charge in [0.05, 0.1) is 5.92 Å². The Morgan fingerprint density at radius 3 is 2.25 bits per heavy atom. The molecule has 2 atom stereocenters. The van der Waals surface area contributed by atoms with Crippen molar-refractivity contribution < 1.29 is 14.7 Å². The third-order valence-corrected chi connectivity index (χ3v) is 1.97. The first-order valence-electron chi connectivity index (χ1n) is 4.01. The normalized spacial score (nSPS) is 15.2. The van der Waals surface area contributed by atoms with E-state index in [1.54, 1.807) is 13.8 Å². The van der Waals surface area contributed by atoms with Gasteiger partial charge in [0.15, 0.2) is 0 Å². The number of aliphatic carboxylic acids is 1. The van der Waals surface area contributed by atoms with Crippen LogP contribution in [0.1, 0.15) is 26.7 Å². The summed E-state index contributed by atoms with van der Waals surface area (Å²) in [4.78, 5) is 21.1. The van der Waals surface area contributed by atoms with Gasteiger partial charge in [-0.05, 0) is 12.8 Å². The number of primary amides is 1. The Morgan fingerprint density at radius 2 is 2.00 bits per heavy atom. The fourth-order valence-corrected chi connectivity index (χ4v) is 0.985. The summed E-state index contributed by atoms with van der Waals surface area (Å²) < 4.78 is 0. The van der Waals surface area contributed by atoms with E-state index in [4.69, 9.17) is 10.8 Å². The highest BCUT2D eigenvalue weighted by molar-refractivity contribution is 5.77. The van der Waals surface area contributed by atoms with Crippen LogP contribution < -0.4 is 5.73 Å². The Bertz CT molecular complexity index is 179. The highest BCUT2D eigenvalue weighted by atomic mass is 16.4. The molecule has 4 nitrogen and oxygen atoms in total. The van der Waals surface area contributed by atoms with Crippen molar-refractivity contribution in [2.75, 3.05) is 0 Å². The van der Waals surface area contributed by atoms with Crippen molar-refractivity contribution in [3.05, 3.63) is 0 Å². The number of carbonyl (C=O) groups excluding carboxylic acids is 1. The maximum Gasteiger partial charge on any atom is 0.306 e. The molecular weight excluding hydrogens is 158 g/mol. The minimum absolute atomic E-state index is 0.334. The number of carboxylic acid groups (broad SMARTS) is 1. The second-order valence-corrected chi connectivity index (χ2v) is 2.98. The number of rotatable bonds is 5. The lowest BCUT2D eigenvalue weighted by Crippen LogP contribution is -2.25. The van der Waals surface area contributed by atoms with E-state index in [1.165, 1.54) is 0 Å². The highest BCUT2D eigenvalue weighted by Crippen LogP contribution is 2.15. The summed E-state index contributed by atoms with van der Waals surface area (Å²) in [6, 6.07) is 0. The van der Waals surface area contributed by atoms with Crippen LogP contribution >= 0.6 is 0 Å². The summed E-state index contributed by atoms with van der Waals surface area (Å²) in [7, 11) is 0. The average molecular weight is 173 g/mol. The standard InChI is InChI=1S/C8H15NO3/c1-3-6(8(11)12)4-5(2)7(9)10/h5-6H,3-4H2,1-2H3,(H2,9,10)(H,11,12). The van der Waals surface area contributed by atoms with Gasteiger partial charge in [0.1, 0.15) is 0 Å². The van der Waals surface area contributed by atoms with Gasteiger partial charge < -0.3 is 10.8 Å². The summed E-state index contributed by atoms with van der Waals surface area (Å²) in [5.74, 6) is -2.10. The van der Waals surface area contributed by atoms with Crippen molar-refractivity contribution in [2.24, 2.45) is 17.6 Å². The van der Waals surface area contributed by atoms with E-state index >= 15 is 0 Å². The zero-order valence-corrected chi connectivity index (χ0v) is 7.41. The van der Waals surface area contributed by atoms with E-state index in [-0.39, 0.29) is 5.92 Å². The molecule has 0 aromatic carbocycles. The monoisotopic (exact) mass is 173 g/mol. The molecule has 0 bridgehead atoms. The van der Waals surface area contributed by atoms with Crippen LogP contribution in [0.4, 0.5) is 0 Å². The molecule has 0 rings (SSSR count). The molecular formula is C8H15NO3. The Morgan fingerprint density at radius 1 is 1.50 bits per heavy atom. The van der Waals surface area contributed by atoms with Crippen molar-refractivity contribution in [1.82, 2.24) is 0 Å². The van der Waals surface area contributed by atoms with Crippen LogP contribution in [-0.2, 0) is 9.59 Å². The minimum atomic E-state index is -0.856. The van der Waals surface area contributed by atoms with Crippen LogP contribution in [0.3, 0.4) is 0 Å². The molecule has 0 aliphatic heterocycles. The molecule has 0 aliphatic rings. The lowest BCUT2D eigenvalue weighted by atomic mass is 9.93. The molecule has 4 heteroatoms. The first-order chi connectivity index (χ1) is 5.49. The van der Waals surface area contributed by atoms with Crippen molar-refractivity contribution in [2.45, 2.75) is 26.7 Å². The Balaban J connectivity index is 4.02. The van der Waals surface area contributed by atoms with Crippen LogP contribution in [-0.4, -0.2) is 17.0 Å². The molecule has 0 aromatic rings. The molecule has 0 aliphatic carbocycles. The van der Waals surface area contributed by atoms with Crippen LogP contribution in [0.5, 0.6) is 0 Å². The SMILES string of the molecule is CCC(CC(C)C(N)=O)C(=O)O. The van der Waals surface area contributed by atoms with E-state index in [9.17, 15) is 9.59 Å². The summed E-state index contributed by atoms with van der Waals surface area (Å²) in [6.07, 6.45) is 0.869. The summed E-state index contributed by atoms with van der Waals surface area (Å²) in [5, 5.41) is 8.65. The van der Waals surface area contributed by atoms with Gasteiger partial charge in [-0.3, -0.25) is 9.59 Å². The Labute approximate surface area is 71.8 Å². The lowest BCUT2D eigenvalue weighted by molar-refractivity contribution is -0.142. The zero-order chi connectivity index (χ0) is 9.72. The second kappa shape index (κ2) is 4.74. The molecule has 0 saturated carbocycles. The topological polar surface area (TPSA) is 80.4 Å². The molecule has 1 amide bonds. The number of carbonyl (C=O) groups is 2. The predicted molar refractivity (Wildman–Crippen MR) is 44.4 cm³/mol. The molecule has 0 aromatic heterocycles. The first-order valence-corrected chi connectivity index (χ1v) is 4.01. The van der Waals surface area contributed by atoms with Crippen molar-refractivity contribution in [1.29, 1.82) is 0 Å². The van der Waals surface area contributed by atoms with Crippen LogP contribution in [0, 0.1) is 11.8 Å². The van der Waals surface area contributed by atoms with Crippen molar-refractivity contribution in [3.8, 4) is 0 Å². The van der Waals surface area contributed by atoms with E-state index in [0.717, 1.165) is 0 Å². The Kier molecular flexibility index (Phi) is 4.33. The summed E-state index contributed by atoms with van der Waals surface area (Å²) >= 11 is 0. The molecule has 0 fully saturated rings. The van der Waals surface area contributed by atoms with Crippen molar-refractivity contribution in [3.63, 3.8) is 0 Å². The molecule has 0 heterocycles. The number of nitrogens with two attached hydrogens (primary N) is 1. The Hall–Kier alpha value is -1.06. The van der Waals surface area contributed by atoms with Gasteiger partial charge in [-0.15, -0.1) is 0 Å². The largest absolute Gasteiger partial charge is 0.481 e. The van der Waals surface area contributed by atoms with Gasteiger partial charge in [0.25, 0.3) is 0 Å². The predicted octanol–water partition coefficient (Wildman–Crippen LogP) is 0.609. The van der Waals surface area contributed by atoms with E-state index in [2.05, 4.69) is 0 Å². The van der Waals surface area contributed by atoms with E-state index in [1.807, 2.05) is 0 Å². The fourth-order valence-electron chi connectivity index (χ4n) is 0.985. The van der Waals surface area contributed by atoms with Crippen LogP contribution in [0.25, 0.3) is 0 Å². The van der Waals surface area contributed by atoms with Gasteiger partial charge in [0, 0.05) is 5.92 Å². The third kappa shape index (κ3) is 3.37. The van der Waals surface area contributed by atoms with Gasteiger partial charge in [-0.1, -0.05) is 13.8 Å². The number of hydrogen-bond acceptors (Lipinski definition) is 2. The second-order valence-electron chi connectivity index (χ2n) is 2.98. The number of amides is 1. The molecule has 12 heavy (non-hydrogen) atoms. The molecule has 70 valence electrons. The van der Waals surface area contributed by atoms with Gasteiger partial charge in [-0.2, -0.15) is 0 Å². The van der Waals surface area contributed by atoms with Crippen LogP contribution in [0.2, 0.25) is 0 Å². The molecule has 0 spiro atoms. The van der Waals surface area contributed by atoms with Crippen molar-refractivity contribution >= 4 is 11.9 Å². The van der Waals surface area contributed by atoms with E-state index < -0.39 is 17.8 Å². The molecule has 0 radical (unpaired) electrons. The lowest BCUT2D eigenvalue weighted by Gasteiger charge is -2.12. The van der Waals surface area contributed by atoms with E-state index in [0.29, 0.717) is 12.8 Å². The quantitative estimate of drug-likeness (QED) is 0.639. The first kappa shape index (κ1) is 10.9. The van der Waals surface area contributed by atoms with Gasteiger partial charge in [0.2, 0.25) is 5.91 Å². The fraction of sp³-hybridized carbons (Fsp3) is 0.750. The molecule has 3 N–H and O–H groups in total. The third-order valence-electron chi connectivity index (χ3n) is 1.97. The number of carboxylic acids is 1. The zero-order valence-electron chi connectivity index (χ0n) is 7.41. The molecule has 2 unspecified atom stereocenters. The maximum atomic E-state index is 10.6. The average Bonchev–Trinajstić information content (AvgIpc) is 1.98.